The number of furan rings is 1. The molecule has 1 aromatic heterocycles. The standard InChI is InChI=1S/C22H19NO5/c1-22(20(24)25,14-10-11-27-12-14)23-21(26)28-13-19-17-8-4-2-6-15(17)16-7-3-5-9-18(16)19/h2-12,19H,13H2,1H3,(H,23,26)(H,24,25)/t22-/m0/s1. The number of rotatable bonds is 5. The Balaban J connectivity index is 1.52. The molecule has 0 spiro atoms. The molecule has 6 nitrogen and oxygen atoms in total. The van der Waals surface area contributed by atoms with Gasteiger partial charge in [-0.2, -0.15) is 0 Å². The lowest BCUT2D eigenvalue weighted by Crippen LogP contribution is -2.49. The average molecular weight is 377 g/mol. The first-order valence-corrected chi connectivity index (χ1v) is 8.90. The van der Waals surface area contributed by atoms with E-state index in [1.807, 2.05) is 36.4 Å². The highest BCUT2D eigenvalue weighted by Gasteiger charge is 2.39. The summed E-state index contributed by atoms with van der Waals surface area (Å²) in [5, 5.41) is 12.0. The number of alkyl carbamates (subject to hydrolysis) is 1. The van der Waals surface area contributed by atoms with Crippen molar-refractivity contribution in [2.45, 2.75) is 18.4 Å². The maximum atomic E-state index is 12.4. The third kappa shape index (κ3) is 2.93. The largest absolute Gasteiger partial charge is 0.479 e. The van der Waals surface area contributed by atoms with E-state index in [0.717, 1.165) is 22.3 Å². The summed E-state index contributed by atoms with van der Waals surface area (Å²) in [6.45, 7) is 1.50. The maximum Gasteiger partial charge on any atom is 0.408 e. The molecule has 1 amide bonds. The Morgan fingerprint density at radius 3 is 2.21 bits per heavy atom. The fourth-order valence-corrected chi connectivity index (χ4v) is 3.64. The Bertz CT molecular complexity index is 981. The number of hydrogen-bond acceptors (Lipinski definition) is 4. The molecule has 1 aliphatic rings. The highest BCUT2D eigenvalue weighted by atomic mass is 16.5. The van der Waals surface area contributed by atoms with Crippen LogP contribution in [0.15, 0.2) is 71.5 Å². The zero-order valence-electron chi connectivity index (χ0n) is 15.2. The second-order valence-electron chi connectivity index (χ2n) is 6.89. The van der Waals surface area contributed by atoms with Crippen molar-refractivity contribution in [2.75, 3.05) is 6.61 Å². The van der Waals surface area contributed by atoms with Gasteiger partial charge in [0.05, 0.1) is 12.5 Å². The van der Waals surface area contributed by atoms with Crippen LogP contribution in [0.25, 0.3) is 11.1 Å². The van der Waals surface area contributed by atoms with Crippen molar-refractivity contribution in [3.05, 3.63) is 83.8 Å². The molecule has 0 radical (unpaired) electrons. The number of benzene rings is 2. The lowest BCUT2D eigenvalue weighted by Gasteiger charge is -2.25. The summed E-state index contributed by atoms with van der Waals surface area (Å²) in [5.74, 6) is -1.30. The van der Waals surface area contributed by atoms with Gasteiger partial charge in [0.15, 0.2) is 5.54 Å². The van der Waals surface area contributed by atoms with Gasteiger partial charge in [-0.1, -0.05) is 48.5 Å². The van der Waals surface area contributed by atoms with E-state index in [1.165, 1.54) is 25.5 Å². The highest BCUT2D eigenvalue weighted by Crippen LogP contribution is 2.44. The molecule has 0 saturated carbocycles. The summed E-state index contributed by atoms with van der Waals surface area (Å²) in [6, 6.07) is 17.5. The predicted octanol–water partition coefficient (Wildman–Crippen LogP) is 4.12. The first kappa shape index (κ1) is 17.9. The van der Waals surface area contributed by atoms with Gasteiger partial charge in [-0.05, 0) is 35.2 Å². The van der Waals surface area contributed by atoms with Gasteiger partial charge in [-0.15, -0.1) is 0 Å². The van der Waals surface area contributed by atoms with Crippen LogP contribution in [0.5, 0.6) is 0 Å². The van der Waals surface area contributed by atoms with Crippen molar-refractivity contribution in [3.63, 3.8) is 0 Å². The van der Waals surface area contributed by atoms with E-state index in [4.69, 9.17) is 9.15 Å². The second-order valence-corrected chi connectivity index (χ2v) is 6.89. The SMILES string of the molecule is C[C@@](NC(=O)OCC1c2ccccc2-c2ccccc21)(C(=O)O)c1ccoc1. The molecule has 0 unspecified atom stereocenters. The number of carboxylic acid groups (broad SMARTS) is 1. The van der Waals surface area contributed by atoms with Crippen LogP contribution in [0.2, 0.25) is 0 Å². The van der Waals surface area contributed by atoms with E-state index in [-0.39, 0.29) is 12.5 Å². The van der Waals surface area contributed by atoms with Crippen molar-refractivity contribution in [1.82, 2.24) is 5.32 Å². The fraction of sp³-hybridized carbons (Fsp3) is 0.182. The number of hydrogen-bond donors (Lipinski definition) is 2. The lowest BCUT2D eigenvalue weighted by atomic mass is 9.95. The Labute approximate surface area is 161 Å². The zero-order valence-corrected chi connectivity index (χ0v) is 15.2. The summed E-state index contributed by atoms with van der Waals surface area (Å²) >= 11 is 0. The van der Waals surface area contributed by atoms with Crippen LogP contribution in [-0.2, 0) is 15.1 Å². The third-order valence-electron chi connectivity index (χ3n) is 5.22. The molecule has 1 atom stereocenters. The minimum absolute atomic E-state index is 0.0943. The topological polar surface area (TPSA) is 88.8 Å². The van der Waals surface area contributed by atoms with Crippen molar-refractivity contribution in [2.24, 2.45) is 0 Å². The minimum atomic E-state index is -1.64. The highest BCUT2D eigenvalue weighted by molar-refractivity contribution is 5.85. The first-order valence-electron chi connectivity index (χ1n) is 8.90. The van der Waals surface area contributed by atoms with Crippen LogP contribution in [0.1, 0.15) is 29.5 Å². The van der Waals surface area contributed by atoms with Crippen LogP contribution in [0, 0.1) is 0 Å². The molecular formula is C22H19NO5. The van der Waals surface area contributed by atoms with Gasteiger partial charge < -0.3 is 19.6 Å². The zero-order chi connectivity index (χ0) is 19.7. The van der Waals surface area contributed by atoms with Crippen molar-refractivity contribution in [3.8, 4) is 11.1 Å². The van der Waals surface area contributed by atoms with Crippen LogP contribution < -0.4 is 5.32 Å². The quantitative estimate of drug-likeness (QED) is 0.698. The number of amides is 1. The van der Waals surface area contributed by atoms with E-state index >= 15 is 0 Å². The second kappa shape index (κ2) is 6.88. The van der Waals surface area contributed by atoms with Crippen molar-refractivity contribution in [1.29, 1.82) is 0 Å². The van der Waals surface area contributed by atoms with Crippen LogP contribution >= 0.6 is 0 Å². The molecule has 2 N–H and O–H groups in total. The number of nitrogens with one attached hydrogen (secondary N) is 1. The predicted molar refractivity (Wildman–Crippen MR) is 102 cm³/mol. The van der Waals surface area contributed by atoms with E-state index < -0.39 is 17.6 Å². The molecule has 6 heteroatoms. The third-order valence-corrected chi connectivity index (χ3v) is 5.22. The molecule has 0 fully saturated rings. The number of fused-ring (bicyclic) bond motifs is 3. The van der Waals surface area contributed by atoms with Gasteiger partial charge in [0, 0.05) is 11.5 Å². The molecule has 0 bridgehead atoms. The smallest absolute Gasteiger partial charge is 0.408 e. The molecule has 2 aromatic carbocycles. The first-order chi connectivity index (χ1) is 13.5. The Hall–Kier alpha value is -3.54. The number of carbonyl (C=O) groups excluding carboxylic acids is 1. The lowest BCUT2D eigenvalue weighted by molar-refractivity contribution is -0.144. The number of aliphatic carboxylic acids is 1. The van der Waals surface area contributed by atoms with Gasteiger partial charge in [0.25, 0.3) is 0 Å². The number of carbonyl (C=O) groups is 2. The van der Waals surface area contributed by atoms with E-state index in [2.05, 4.69) is 17.4 Å². The van der Waals surface area contributed by atoms with E-state index in [0.29, 0.717) is 5.56 Å². The molecule has 4 rings (SSSR count). The Kier molecular flexibility index (Phi) is 4.39. The molecule has 3 aromatic rings. The van der Waals surface area contributed by atoms with Gasteiger partial charge in [0.2, 0.25) is 0 Å². The van der Waals surface area contributed by atoms with Crippen molar-refractivity contribution < 1.29 is 23.8 Å². The molecule has 0 saturated heterocycles. The fourth-order valence-electron chi connectivity index (χ4n) is 3.64. The van der Waals surface area contributed by atoms with E-state index in [9.17, 15) is 14.7 Å². The molecule has 1 aliphatic carbocycles. The molecule has 1 heterocycles. The van der Waals surface area contributed by atoms with Gasteiger partial charge in [-0.25, -0.2) is 9.59 Å². The number of ether oxygens (including phenoxy) is 1. The minimum Gasteiger partial charge on any atom is -0.479 e. The van der Waals surface area contributed by atoms with Gasteiger partial charge in [-0.3, -0.25) is 0 Å². The van der Waals surface area contributed by atoms with Crippen LogP contribution in [-0.4, -0.2) is 23.8 Å². The van der Waals surface area contributed by atoms with Crippen LogP contribution in [0.4, 0.5) is 4.79 Å². The summed E-state index contributed by atoms with van der Waals surface area (Å²) in [6.07, 6.45) is 1.85. The monoisotopic (exact) mass is 377 g/mol. The molecule has 28 heavy (non-hydrogen) atoms. The Morgan fingerprint density at radius 2 is 1.68 bits per heavy atom. The van der Waals surface area contributed by atoms with Crippen molar-refractivity contribution >= 4 is 12.1 Å². The Morgan fingerprint density at radius 1 is 1.07 bits per heavy atom. The summed E-state index contributed by atoms with van der Waals surface area (Å²) in [4.78, 5) is 24.1. The van der Waals surface area contributed by atoms with Gasteiger partial charge >= 0.3 is 12.1 Å². The van der Waals surface area contributed by atoms with E-state index in [1.54, 1.807) is 0 Å². The molecule has 142 valence electrons. The molecule has 0 aliphatic heterocycles. The number of carboxylic acids is 1. The normalized spacial score (nSPS) is 14.6. The van der Waals surface area contributed by atoms with Crippen LogP contribution in [0.3, 0.4) is 0 Å². The average Bonchev–Trinajstić information content (AvgIpc) is 3.33. The van der Waals surface area contributed by atoms with Gasteiger partial charge in [0.1, 0.15) is 6.61 Å². The summed E-state index contributed by atoms with van der Waals surface area (Å²) in [5.41, 5.74) is 3.12. The summed E-state index contributed by atoms with van der Waals surface area (Å²) < 4.78 is 10.4. The maximum absolute atomic E-state index is 12.4. The molecular weight excluding hydrogens is 358 g/mol. The summed E-state index contributed by atoms with van der Waals surface area (Å²) in [7, 11) is 0.